The van der Waals surface area contributed by atoms with Crippen molar-refractivity contribution >= 4 is 17.5 Å². The first-order chi connectivity index (χ1) is 13.5. The number of nitrogens with zero attached hydrogens (tertiary/aromatic N) is 4. The fraction of sp³-hybridized carbons (Fsp3) is 0.200. The van der Waals surface area contributed by atoms with E-state index >= 15 is 0 Å². The van der Waals surface area contributed by atoms with Crippen LogP contribution in [0.15, 0.2) is 53.2 Å². The average Bonchev–Trinajstić information content (AvgIpc) is 3.28. The van der Waals surface area contributed by atoms with E-state index < -0.39 is 6.04 Å². The van der Waals surface area contributed by atoms with Crippen molar-refractivity contribution in [1.29, 1.82) is 0 Å². The maximum atomic E-state index is 12.7. The van der Waals surface area contributed by atoms with Gasteiger partial charge in [0, 0.05) is 11.8 Å². The molecule has 0 saturated carbocycles. The molecule has 1 aromatic carbocycles. The van der Waals surface area contributed by atoms with Gasteiger partial charge in [-0.25, -0.2) is 9.78 Å². The number of urea groups is 1. The van der Waals surface area contributed by atoms with Gasteiger partial charge in [-0.05, 0) is 32.4 Å². The molecule has 142 valence electrons. The van der Waals surface area contributed by atoms with Gasteiger partial charge >= 0.3 is 6.03 Å². The minimum atomic E-state index is -0.428. The van der Waals surface area contributed by atoms with Crippen molar-refractivity contribution in [3.8, 4) is 11.3 Å². The summed E-state index contributed by atoms with van der Waals surface area (Å²) in [6, 6.07) is 12.8. The van der Waals surface area contributed by atoms with Crippen LogP contribution in [-0.4, -0.2) is 25.6 Å². The Morgan fingerprint density at radius 3 is 2.61 bits per heavy atom. The lowest BCUT2D eigenvalue weighted by molar-refractivity contribution is 0.245. The van der Waals surface area contributed by atoms with Crippen molar-refractivity contribution in [3.05, 3.63) is 65.9 Å². The molecule has 3 heterocycles. The fourth-order valence-electron chi connectivity index (χ4n) is 3.01. The topological polar surface area (TPSA) is 97.3 Å². The smallest absolute Gasteiger partial charge is 0.321 e. The molecule has 0 saturated heterocycles. The zero-order valence-electron chi connectivity index (χ0n) is 15.8. The largest absolute Gasteiger partial charge is 0.337 e. The number of pyridine rings is 1. The number of amides is 2. The van der Waals surface area contributed by atoms with Crippen LogP contribution >= 0.6 is 0 Å². The molecule has 4 aromatic rings. The van der Waals surface area contributed by atoms with E-state index in [0.29, 0.717) is 23.2 Å². The first kappa shape index (κ1) is 17.7. The second-order valence-corrected chi connectivity index (χ2v) is 6.56. The van der Waals surface area contributed by atoms with Crippen LogP contribution in [0.4, 0.5) is 10.6 Å². The predicted molar refractivity (Wildman–Crippen MR) is 105 cm³/mol. The number of hydrogen-bond acceptors (Lipinski definition) is 5. The molecule has 4 rings (SSSR count). The summed E-state index contributed by atoms with van der Waals surface area (Å²) in [5.74, 6) is 1.47. The Morgan fingerprint density at radius 2 is 1.89 bits per heavy atom. The van der Waals surface area contributed by atoms with E-state index in [4.69, 9.17) is 9.51 Å². The van der Waals surface area contributed by atoms with Gasteiger partial charge in [-0.2, -0.15) is 4.98 Å². The van der Waals surface area contributed by atoms with Crippen LogP contribution in [0, 0.1) is 13.8 Å². The average molecular weight is 376 g/mol. The molecule has 0 aliphatic rings. The zero-order valence-corrected chi connectivity index (χ0v) is 15.8. The Kier molecular flexibility index (Phi) is 4.52. The third-order valence-corrected chi connectivity index (χ3v) is 4.39. The zero-order chi connectivity index (χ0) is 19.7. The van der Waals surface area contributed by atoms with Gasteiger partial charge in [0.25, 0.3) is 0 Å². The van der Waals surface area contributed by atoms with Crippen molar-refractivity contribution in [2.24, 2.45) is 0 Å². The second-order valence-electron chi connectivity index (χ2n) is 6.56. The van der Waals surface area contributed by atoms with Crippen molar-refractivity contribution < 1.29 is 9.32 Å². The van der Waals surface area contributed by atoms with Crippen LogP contribution in [0.2, 0.25) is 0 Å². The van der Waals surface area contributed by atoms with Crippen LogP contribution in [0.5, 0.6) is 0 Å². The molecule has 0 aliphatic carbocycles. The molecule has 0 aliphatic heterocycles. The second kappa shape index (κ2) is 7.15. The Bertz CT molecular complexity index is 1130. The molecule has 0 radical (unpaired) electrons. The first-order valence-corrected chi connectivity index (χ1v) is 8.93. The molecule has 8 heteroatoms. The van der Waals surface area contributed by atoms with Crippen molar-refractivity contribution in [1.82, 2.24) is 24.8 Å². The van der Waals surface area contributed by atoms with E-state index in [0.717, 1.165) is 16.8 Å². The van der Waals surface area contributed by atoms with E-state index in [1.165, 1.54) is 0 Å². The molecule has 2 amide bonds. The van der Waals surface area contributed by atoms with Gasteiger partial charge in [-0.3, -0.25) is 9.72 Å². The number of aryl methyl sites for hydroxylation is 2. The monoisotopic (exact) mass is 376 g/mol. The summed E-state index contributed by atoms with van der Waals surface area (Å²) in [4.78, 5) is 21.6. The Hall–Kier alpha value is -3.68. The van der Waals surface area contributed by atoms with E-state index in [-0.39, 0.29) is 6.03 Å². The lowest BCUT2D eigenvalue weighted by Gasteiger charge is -2.12. The highest BCUT2D eigenvalue weighted by atomic mass is 16.5. The molecule has 8 nitrogen and oxygen atoms in total. The third-order valence-electron chi connectivity index (χ3n) is 4.39. The number of benzene rings is 1. The maximum absolute atomic E-state index is 12.7. The van der Waals surface area contributed by atoms with Crippen LogP contribution in [-0.2, 0) is 0 Å². The summed E-state index contributed by atoms with van der Waals surface area (Å²) in [7, 11) is 0. The van der Waals surface area contributed by atoms with Gasteiger partial charge < -0.3 is 9.84 Å². The molecule has 0 unspecified atom stereocenters. The summed E-state index contributed by atoms with van der Waals surface area (Å²) < 4.78 is 6.99. The van der Waals surface area contributed by atoms with Gasteiger partial charge in [0.15, 0.2) is 5.82 Å². The van der Waals surface area contributed by atoms with E-state index in [1.54, 1.807) is 13.8 Å². The number of carbonyl (C=O) groups excluding carboxylic acids is 1. The highest BCUT2D eigenvalue weighted by molar-refractivity contribution is 5.93. The Labute approximate surface area is 161 Å². The molecule has 0 bridgehead atoms. The number of fused-ring (bicyclic) bond motifs is 1. The minimum absolute atomic E-state index is 0.352. The standard InChI is InChI=1S/C20H20N6O2/c1-12-8-7-11-26-17(12)23-16(15-9-5-4-6-10-15)18(26)24-20(27)21-13(2)19-22-14(3)25-28-19/h4-11,13H,1-3H3,(H2,21,24,27)/t13-/m1/s1. The molecule has 0 fully saturated rings. The summed E-state index contributed by atoms with van der Waals surface area (Å²) >= 11 is 0. The van der Waals surface area contributed by atoms with Gasteiger partial charge in [-0.1, -0.05) is 41.6 Å². The van der Waals surface area contributed by atoms with Crippen LogP contribution in [0.3, 0.4) is 0 Å². The molecule has 2 N–H and O–H groups in total. The lowest BCUT2D eigenvalue weighted by atomic mass is 10.1. The number of nitrogens with one attached hydrogen (secondary N) is 2. The van der Waals surface area contributed by atoms with Gasteiger partial charge in [-0.15, -0.1) is 0 Å². The SMILES string of the molecule is Cc1noc([C@@H](C)NC(=O)Nc2c(-c3ccccc3)nc3c(C)cccn23)n1. The number of imidazole rings is 1. The first-order valence-electron chi connectivity index (χ1n) is 8.93. The summed E-state index contributed by atoms with van der Waals surface area (Å²) in [5.41, 5.74) is 3.42. The molecule has 28 heavy (non-hydrogen) atoms. The number of rotatable bonds is 4. The van der Waals surface area contributed by atoms with Gasteiger partial charge in [0.2, 0.25) is 5.89 Å². The van der Waals surface area contributed by atoms with E-state index in [1.807, 2.05) is 60.0 Å². The van der Waals surface area contributed by atoms with Crippen LogP contribution in [0.25, 0.3) is 16.9 Å². The van der Waals surface area contributed by atoms with Crippen molar-refractivity contribution in [2.75, 3.05) is 5.32 Å². The van der Waals surface area contributed by atoms with Gasteiger partial charge in [0.1, 0.15) is 23.2 Å². The summed E-state index contributed by atoms with van der Waals surface area (Å²) in [6.45, 7) is 5.50. The highest BCUT2D eigenvalue weighted by Crippen LogP contribution is 2.29. The molecular formula is C20H20N6O2. The highest BCUT2D eigenvalue weighted by Gasteiger charge is 2.20. The molecule has 1 atom stereocenters. The Morgan fingerprint density at radius 1 is 1.11 bits per heavy atom. The van der Waals surface area contributed by atoms with Gasteiger partial charge in [0.05, 0.1) is 0 Å². The van der Waals surface area contributed by atoms with E-state index in [2.05, 4.69) is 20.8 Å². The maximum Gasteiger partial charge on any atom is 0.321 e. The molecular weight excluding hydrogens is 356 g/mol. The summed E-state index contributed by atoms with van der Waals surface area (Å²) in [5, 5.41) is 9.50. The van der Waals surface area contributed by atoms with E-state index in [9.17, 15) is 4.79 Å². The number of aromatic nitrogens is 4. The summed E-state index contributed by atoms with van der Waals surface area (Å²) in [6.07, 6.45) is 1.88. The Balaban J connectivity index is 1.67. The fourth-order valence-corrected chi connectivity index (χ4v) is 3.01. The molecule has 0 spiro atoms. The normalized spacial score (nSPS) is 12.1. The minimum Gasteiger partial charge on any atom is -0.337 e. The van der Waals surface area contributed by atoms with Crippen LogP contribution in [0.1, 0.15) is 30.2 Å². The quantitative estimate of drug-likeness (QED) is 0.563. The lowest BCUT2D eigenvalue weighted by Crippen LogP contribution is -2.32. The number of carbonyl (C=O) groups is 1. The van der Waals surface area contributed by atoms with Crippen molar-refractivity contribution in [3.63, 3.8) is 0 Å². The number of anilines is 1. The predicted octanol–water partition coefficient (Wildman–Crippen LogP) is 3.88. The number of hydrogen-bond donors (Lipinski definition) is 2. The molecule has 3 aromatic heterocycles. The van der Waals surface area contributed by atoms with Crippen LogP contribution < -0.4 is 10.6 Å². The third kappa shape index (κ3) is 3.32. The van der Waals surface area contributed by atoms with Crippen molar-refractivity contribution in [2.45, 2.75) is 26.8 Å².